The van der Waals surface area contributed by atoms with Crippen LogP contribution in [0.25, 0.3) is 0 Å². The van der Waals surface area contributed by atoms with Gasteiger partial charge in [-0.15, -0.1) is 0 Å². The van der Waals surface area contributed by atoms with Crippen LogP contribution in [0.5, 0.6) is 5.88 Å². The van der Waals surface area contributed by atoms with Crippen LogP contribution in [0.15, 0.2) is 9.59 Å². The second-order valence-electron chi connectivity index (χ2n) is 9.38. The molecule has 0 radical (unpaired) electrons. The third kappa shape index (κ3) is 4.39. The van der Waals surface area contributed by atoms with Gasteiger partial charge in [-0.1, -0.05) is 13.3 Å². The van der Waals surface area contributed by atoms with Gasteiger partial charge >= 0.3 is 11.7 Å². The standard InChI is InChI=1S/C21H32N6O6/c1-3-4-9-26-15(29)13(14(22)23)16(30)27(19(26)33)12-5-7-21(11-28,8-6-12)10-20(2)17(31)24-18(32)25-20/h12,28-29H,3-11H2,1-2H3,(H3,22,23)(H2,24,25,31,32)/t12?,20-,21?/m1/s1. The second-order valence-corrected chi connectivity index (χ2v) is 9.38. The van der Waals surface area contributed by atoms with Crippen LogP contribution in [0.3, 0.4) is 0 Å². The van der Waals surface area contributed by atoms with E-state index < -0.39 is 57.5 Å². The van der Waals surface area contributed by atoms with Crippen LogP contribution in [0.2, 0.25) is 0 Å². The number of nitrogens with two attached hydrogens (primary N) is 1. The largest absolute Gasteiger partial charge is 0.494 e. The number of aliphatic hydroxyl groups excluding tert-OH is 1. The summed E-state index contributed by atoms with van der Waals surface area (Å²) >= 11 is 0. The zero-order valence-corrected chi connectivity index (χ0v) is 18.9. The Morgan fingerprint density at radius 2 is 1.88 bits per heavy atom. The zero-order valence-electron chi connectivity index (χ0n) is 18.9. The fourth-order valence-electron chi connectivity index (χ4n) is 5.05. The fourth-order valence-corrected chi connectivity index (χ4v) is 5.05. The number of amides is 3. The topological polar surface area (TPSA) is 193 Å². The van der Waals surface area contributed by atoms with Crippen LogP contribution in [-0.2, 0) is 11.3 Å². The van der Waals surface area contributed by atoms with Gasteiger partial charge in [0.1, 0.15) is 16.9 Å². The molecule has 1 aliphatic heterocycles. The number of imide groups is 1. The SMILES string of the molecule is CCCCn1c(O)c(C(=N)N)c(=O)n(C2CCC(CO)(C[C@@]3(C)NC(=O)NC3=O)CC2)c1=O. The Balaban J connectivity index is 1.92. The minimum Gasteiger partial charge on any atom is -0.494 e. The van der Waals surface area contributed by atoms with E-state index in [-0.39, 0.29) is 19.6 Å². The van der Waals surface area contributed by atoms with E-state index in [9.17, 15) is 29.4 Å². The summed E-state index contributed by atoms with van der Waals surface area (Å²) in [6.45, 7) is 3.49. The molecule has 1 saturated heterocycles. The quantitative estimate of drug-likeness (QED) is 0.175. The Bertz CT molecular complexity index is 1080. The van der Waals surface area contributed by atoms with Crippen molar-refractivity contribution in [1.29, 1.82) is 5.41 Å². The number of aromatic hydroxyl groups is 1. The molecule has 33 heavy (non-hydrogen) atoms. The lowest BCUT2D eigenvalue weighted by Gasteiger charge is -2.42. The molecule has 2 aliphatic rings. The first-order chi connectivity index (χ1) is 15.5. The van der Waals surface area contributed by atoms with Crippen LogP contribution < -0.4 is 27.6 Å². The monoisotopic (exact) mass is 464 g/mol. The second kappa shape index (κ2) is 9.00. The molecule has 2 heterocycles. The van der Waals surface area contributed by atoms with Gasteiger partial charge in [0.05, 0.1) is 0 Å². The molecule has 1 atom stereocenters. The van der Waals surface area contributed by atoms with Crippen LogP contribution in [0, 0.1) is 10.8 Å². The van der Waals surface area contributed by atoms with Gasteiger partial charge in [-0.3, -0.25) is 29.4 Å². The van der Waals surface area contributed by atoms with Crippen molar-refractivity contribution >= 4 is 17.8 Å². The molecule has 0 bridgehead atoms. The van der Waals surface area contributed by atoms with Crippen LogP contribution >= 0.6 is 0 Å². The van der Waals surface area contributed by atoms with E-state index in [0.717, 1.165) is 15.6 Å². The van der Waals surface area contributed by atoms with Crippen molar-refractivity contribution in [2.75, 3.05) is 6.61 Å². The smallest absolute Gasteiger partial charge is 0.334 e. The van der Waals surface area contributed by atoms with Crippen molar-refractivity contribution in [2.24, 2.45) is 11.1 Å². The molecule has 3 amide bonds. The van der Waals surface area contributed by atoms with Gasteiger partial charge in [-0.05, 0) is 50.9 Å². The highest BCUT2D eigenvalue weighted by atomic mass is 16.3. The van der Waals surface area contributed by atoms with Gasteiger partial charge in [0.15, 0.2) is 0 Å². The van der Waals surface area contributed by atoms with Crippen molar-refractivity contribution in [1.82, 2.24) is 19.8 Å². The molecule has 12 heteroatoms. The molecule has 0 spiro atoms. The molecule has 12 nitrogen and oxygen atoms in total. The summed E-state index contributed by atoms with van der Waals surface area (Å²) in [7, 11) is 0. The number of unbranched alkanes of at least 4 members (excludes halogenated alkanes) is 1. The normalized spacial score (nSPS) is 27.3. The number of aliphatic hydroxyl groups is 1. The van der Waals surface area contributed by atoms with Crippen LogP contribution in [0.4, 0.5) is 4.79 Å². The minimum atomic E-state index is -1.16. The van der Waals surface area contributed by atoms with E-state index in [0.29, 0.717) is 32.1 Å². The average Bonchev–Trinajstić information content (AvgIpc) is 2.99. The summed E-state index contributed by atoms with van der Waals surface area (Å²) in [4.78, 5) is 50.0. The van der Waals surface area contributed by atoms with Gasteiger partial charge in [0.2, 0.25) is 5.88 Å². The first-order valence-electron chi connectivity index (χ1n) is 11.2. The number of nitrogens with one attached hydrogen (secondary N) is 3. The van der Waals surface area contributed by atoms with Gasteiger partial charge in [0.25, 0.3) is 11.5 Å². The molecule has 182 valence electrons. The minimum absolute atomic E-state index is 0.183. The Kier molecular flexibility index (Phi) is 6.68. The molecule has 2 fully saturated rings. The van der Waals surface area contributed by atoms with E-state index in [4.69, 9.17) is 11.1 Å². The number of rotatable bonds is 8. The van der Waals surface area contributed by atoms with E-state index >= 15 is 0 Å². The molecule has 0 unspecified atom stereocenters. The molecule has 1 aromatic heterocycles. The first kappa shape index (κ1) is 24.5. The van der Waals surface area contributed by atoms with Crippen molar-refractivity contribution in [3.05, 3.63) is 26.4 Å². The van der Waals surface area contributed by atoms with Gasteiger partial charge < -0.3 is 21.3 Å². The molecule has 1 saturated carbocycles. The summed E-state index contributed by atoms with van der Waals surface area (Å²) in [6.07, 6.45) is 3.09. The lowest BCUT2D eigenvalue weighted by molar-refractivity contribution is -0.125. The first-order valence-corrected chi connectivity index (χ1v) is 11.2. The number of amidine groups is 1. The third-order valence-corrected chi connectivity index (χ3v) is 6.92. The number of nitrogens with zero attached hydrogens (tertiary/aromatic N) is 2. The van der Waals surface area contributed by atoms with Crippen molar-refractivity contribution in [3.8, 4) is 5.88 Å². The molecule has 3 rings (SSSR count). The fraction of sp³-hybridized carbons (Fsp3) is 0.667. The van der Waals surface area contributed by atoms with Gasteiger partial charge in [-0.25, -0.2) is 9.59 Å². The number of nitrogen functional groups attached to an aromatic ring is 1. The number of urea groups is 1. The molecule has 0 aromatic carbocycles. The lowest BCUT2D eigenvalue weighted by Crippen LogP contribution is -2.51. The highest BCUT2D eigenvalue weighted by molar-refractivity contribution is 6.06. The van der Waals surface area contributed by atoms with Crippen molar-refractivity contribution in [3.63, 3.8) is 0 Å². The zero-order chi connectivity index (χ0) is 24.6. The van der Waals surface area contributed by atoms with E-state index in [1.165, 1.54) is 0 Å². The Labute approximate surface area is 190 Å². The number of carbonyl (C=O) groups is 2. The summed E-state index contributed by atoms with van der Waals surface area (Å²) < 4.78 is 2.13. The molecule has 1 aromatic rings. The number of hydrogen-bond donors (Lipinski definition) is 6. The van der Waals surface area contributed by atoms with E-state index in [2.05, 4.69) is 10.6 Å². The number of aromatic nitrogens is 2. The Hall–Kier alpha value is -3.15. The number of carbonyl (C=O) groups excluding carboxylic acids is 2. The maximum absolute atomic E-state index is 13.1. The van der Waals surface area contributed by atoms with Gasteiger partial charge in [0, 0.05) is 19.2 Å². The predicted molar refractivity (Wildman–Crippen MR) is 119 cm³/mol. The maximum Gasteiger partial charge on any atom is 0.334 e. The summed E-state index contributed by atoms with van der Waals surface area (Å²) in [5, 5.41) is 33.2. The maximum atomic E-state index is 13.1. The van der Waals surface area contributed by atoms with Gasteiger partial charge in [-0.2, -0.15) is 0 Å². The molecular formula is C21H32N6O6. The van der Waals surface area contributed by atoms with Crippen LogP contribution in [0.1, 0.15) is 70.4 Å². The third-order valence-electron chi connectivity index (χ3n) is 6.92. The van der Waals surface area contributed by atoms with Crippen LogP contribution in [-0.4, -0.2) is 49.3 Å². The highest BCUT2D eigenvalue weighted by Crippen LogP contribution is 2.45. The predicted octanol–water partition coefficient (Wildman–Crippen LogP) is -0.118. The van der Waals surface area contributed by atoms with E-state index in [1.807, 2.05) is 6.92 Å². The molecule has 1 aliphatic carbocycles. The van der Waals surface area contributed by atoms with Crippen molar-refractivity contribution < 1.29 is 19.8 Å². The molecule has 7 N–H and O–H groups in total. The average molecular weight is 465 g/mol. The summed E-state index contributed by atoms with van der Waals surface area (Å²) in [5.41, 5.74) is 1.84. The number of hydrogen-bond acceptors (Lipinski definition) is 7. The van der Waals surface area contributed by atoms with Crippen molar-refractivity contribution in [2.45, 2.75) is 76.9 Å². The Morgan fingerprint density at radius 3 is 2.36 bits per heavy atom. The van der Waals surface area contributed by atoms with E-state index in [1.54, 1.807) is 6.92 Å². The summed E-state index contributed by atoms with van der Waals surface area (Å²) in [6, 6.07) is -1.10. The molecular weight excluding hydrogens is 432 g/mol. The summed E-state index contributed by atoms with van der Waals surface area (Å²) in [5.74, 6) is -1.67. The lowest BCUT2D eigenvalue weighted by atomic mass is 9.66. The highest BCUT2D eigenvalue weighted by Gasteiger charge is 2.49. The Morgan fingerprint density at radius 1 is 1.24 bits per heavy atom.